The van der Waals surface area contributed by atoms with Gasteiger partial charge in [0.2, 0.25) is 0 Å². The van der Waals surface area contributed by atoms with Gasteiger partial charge in [0.15, 0.2) is 0 Å². The molecule has 0 amide bonds. The summed E-state index contributed by atoms with van der Waals surface area (Å²) in [7, 11) is 1.93. The van der Waals surface area contributed by atoms with Crippen molar-refractivity contribution in [2.24, 2.45) is 0 Å². The van der Waals surface area contributed by atoms with E-state index in [9.17, 15) is 0 Å². The summed E-state index contributed by atoms with van der Waals surface area (Å²) in [6.45, 7) is 5.06. The maximum Gasteiger partial charge on any atom is 0.0451 e. The predicted molar refractivity (Wildman–Crippen MR) is 79.1 cm³/mol. The molecule has 2 aromatic rings. The van der Waals surface area contributed by atoms with Gasteiger partial charge in [-0.25, -0.2) is 0 Å². The number of hydrogen-bond acceptors (Lipinski definition) is 1. The molecule has 0 fully saturated rings. The van der Waals surface area contributed by atoms with Crippen LogP contribution in [0.4, 0.5) is 0 Å². The van der Waals surface area contributed by atoms with Crippen LogP contribution in [0.1, 0.15) is 16.7 Å². The Hall–Kier alpha value is -1.31. The second-order valence-electron chi connectivity index (χ2n) is 4.64. The van der Waals surface area contributed by atoms with E-state index in [2.05, 4.69) is 49.5 Å². The van der Waals surface area contributed by atoms with E-state index in [0.29, 0.717) is 0 Å². The topological polar surface area (TPSA) is 12.0 Å². The van der Waals surface area contributed by atoms with Gasteiger partial charge < -0.3 is 5.32 Å². The third-order valence-electron chi connectivity index (χ3n) is 3.25. The minimum atomic E-state index is 0.789. The summed E-state index contributed by atoms with van der Waals surface area (Å²) in [5, 5.41) is 3.96. The molecule has 0 bridgehead atoms. The van der Waals surface area contributed by atoms with Crippen LogP contribution in [0.2, 0.25) is 5.02 Å². The molecule has 0 heterocycles. The largest absolute Gasteiger partial charge is 0.316 e. The third-order valence-corrected chi connectivity index (χ3v) is 3.62. The molecule has 0 saturated carbocycles. The highest BCUT2D eigenvalue weighted by atomic mass is 35.5. The van der Waals surface area contributed by atoms with Crippen molar-refractivity contribution in [1.82, 2.24) is 5.32 Å². The molecule has 2 rings (SSSR count). The molecule has 2 heteroatoms. The van der Waals surface area contributed by atoms with Gasteiger partial charge in [-0.2, -0.15) is 0 Å². The van der Waals surface area contributed by atoms with Crippen molar-refractivity contribution < 1.29 is 0 Å². The van der Waals surface area contributed by atoms with Gasteiger partial charge in [0.1, 0.15) is 0 Å². The standard InChI is InChI=1S/C16H18ClN/c1-11-4-5-13(8-12(11)2)14-6-7-16(17)15(9-14)10-18-3/h4-9,18H,10H2,1-3H3. The van der Waals surface area contributed by atoms with Crippen LogP contribution >= 0.6 is 11.6 Å². The highest BCUT2D eigenvalue weighted by Crippen LogP contribution is 2.26. The van der Waals surface area contributed by atoms with Crippen LogP contribution in [0.3, 0.4) is 0 Å². The van der Waals surface area contributed by atoms with E-state index in [1.807, 2.05) is 13.1 Å². The lowest BCUT2D eigenvalue weighted by Gasteiger charge is -2.09. The van der Waals surface area contributed by atoms with Crippen molar-refractivity contribution in [3.63, 3.8) is 0 Å². The molecule has 0 radical (unpaired) electrons. The van der Waals surface area contributed by atoms with Gasteiger partial charge in [-0.15, -0.1) is 0 Å². The lowest BCUT2D eigenvalue weighted by molar-refractivity contribution is 0.818. The molecule has 1 N–H and O–H groups in total. The molecule has 0 spiro atoms. The number of hydrogen-bond donors (Lipinski definition) is 1. The highest BCUT2D eigenvalue weighted by Gasteiger charge is 2.04. The van der Waals surface area contributed by atoms with Gasteiger partial charge >= 0.3 is 0 Å². The molecule has 0 saturated heterocycles. The molecule has 0 atom stereocenters. The fourth-order valence-corrected chi connectivity index (χ4v) is 2.19. The Morgan fingerprint density at radius 2 is 1.61 bits per heavy atom. The molecular formula is C16H18ClN. The van der Waals surface area contributed by atoms with Gasteiger partial charge in [-0.1, -0.05) is 35.9 Å². The van der Waals surface area contributed by atoms with Crippen LogP contribution in [0.5, 0.6) is 0 Å². The minimum Gasteiger partial charge on any atom is -0.316 e. The van der Waals surface area contributed by atoms with Crippen molar-refractivity contribution >= 4 is 11.6 Å². The Morgan fingerprint density at radius 1 is 0.944 bits per heavy atom. The maximum absolute atomic E-state index is 6.18. The van der Waals surface area contributed by atoms with Crippen LogP contribution < -0.4 is 5.32 Å². The summed E-state index contributed by atoms with van der Waals surface area (Å²) >= 11 is 6.18. The van der Waals surface area contributed by atoms with Crippen LogP contribution in [0, 0.1) is 13.8 Å². The van der Waals surface area contributed by atoms with Crippen LogP contribution in [0.25, 0.3) is 11.1 Å². The number of benzene rings is 2. The number of aryl methyl sites for hydroxylation is 2. The van der Waals surface area contributed by atoms with E-state index in [4.69, 9.17) is 11.6 Å². The maximum atomic E-state index is 6.18. The Morgan fingerprint density at radius 3 is 2.28 bits per heavy atom. The normalized spacial score (nSPS) is 10.7. The lowest BCUT2D eigenvalue weighted by atomic mass is 9.99. The SMILES string of the molecule is CNCc1cc(-c2ccc(C)c(C)c2)ccc1Cl. The van der Waals surface area contributed by atoms with E-state index in [-0.39, 0.29) is 0 Å². The van der Waals surface area contributed by atoms with Gasteiger partial charge in [-0.3, -0.25) is 0 Å². The van der Waals surface area contributed by atoms with Crippen LogP contribution in [0.15, 0.2) is 36.4 Å². The van der Waals surface area contributed by atoms with Gasteiger partial charge in [-0.05, 0) is 60.8 Å². The number of halogens is 1. The van der Waals surface area contributed by atoms with Gasteiger partial charge in [0.05, 0.1) is 0 Å². The zero-order chi connectivity index (χ0) is 13.1. The molecule has 2 aromatic carbocycles. The number of rotatable bonds is 3. The zero-order valence-corrected chi connectivity index (χ0v) is 11.8. The summed E-state index contributed by atoms with van der Waals surface area (Å²) < 4.78 is 0. The van der Waals surface area contributed by atoms with Crippen molar-refractivity contribution in [3.8, 4) is 11.1 Å². The first-order chi connectivity index (χ1) is 8.61. The van der Waals surface area contributed by atoms with Crippen LogP contribution in [-0.4, -0.2) is 7.05 Å². The second kappa shape index (κ2) is 5.55. The fourth-order valence-electron chi connectivity index (χ4n) is 2.00. The summed E-state index contributed by atoms with van der Waals surface area (Å²) in [4.78, 5) is 0. The molecule has 94 valence electrons. The predicted octanol–water partition coefficient (Wildman–Crippen LogP) is 4.34. The molecular weight excluding hydrogens is 242 g/mol. The van der Waals surface area contributed by atoms with Crippen LogP contribution in [-0.2, 0) is 6.54 Å². The van der Waals surface area contributed by atoms with Crippen molar-refractivity contribution in [2.45, 2.75) is 20.4 Å². The Balaban J connectivity index is 2.44. The van der Waals surface area contributed by atoms with E-state index >= 15 is 0 Å². The van der Waals surface area contributed by atoms with Gasteiger partial charge in [0, 0.05) is 11.6 Å². The first kappa shape index (κ1) is 13.1. The molecule has 0 unspecified atom stereocenters. The van der Waals surface area contributed by atoms with Crippen molar-refractivity contribution in [1.29, 1.82) is 0 Å². The van der Waals surface area contributed by atoms with E-state index < -0.39 is 0 Å². The Bertz CT molecular complexity index is 561. The fraction of sp³-hybridized carbons (Fsp3) is 0.250. The average Bonchev–Trinajstić information content (AvgIpc) is 2.36. The monoisotopic (exact) mass is 259 g/mol. The molecule has 18 heavy (non-hydrogen) atoms. The Labute approximate surface area is 114 Å². The van der Waals surface area contributed by atoms with E-state index in [1.165, 1.54) is 22.3 Å². The quantitative estimate of drug-likeness (QED) is 0.865. The summed E-state index contributed by atoms with van der Waals surface area (Å²) in [5.74, 6) is 0. The summed E-state index contributed by atoms with van der Waals surface area (Å²) in [5.41, 5.74) is 6.23. The lowest BCUT2D eigenvalue weighted by Crippen LogP contribution is -2.05. The minimum absolute atomic E-state index is 0.789. The van der Waals surface area contributed by atoms with E-state index in [1.54, 1.807) is 0 Å². The summed E-state index contributed by atoms with van der Waals surface area (Å²) in [6, 6.07) is 12.8. The van der Waals surface area contributed by atoms with Crippen molar-refractivity contribution in [3.05, 3.63) is 58.1 Å². The third kappa shape index (κ3) is 2.74. The van der Waals surface area contributed by atoms with Crippen molar-refractivity contribution in [2.75, 3.05) is 7.05 Å². The van der Waals surface area contributed by atoms with Gasteiger partial charge in [0.25, 0.3) is 0 Å². The van der Waals surface area contributed by atoms with E-state index in [0.717, 1.165) is 17.1 Å². The molecule has 0 aliphatic rings. The molecule has 0 aromatic heterocycles. The smallest absolute Gasteiger partial charge is 0.0451 e. The first-order valence-electron chi connectivity index (χ1n) is 6.12. The molecule has 1 nitrogen and oxygen atoms in total. The second-order valence-corrected chi connectivity index (χ2v) is 5.04. The number of nitrogens with one attached hydrogen (secondary N) is 1. The average molecular weight is 260 g/mol. The zero-order valence-electron chi connectivity index (χ0n) is 11.0. The summed E-state index contributed by atoms with van der Waals surface area (Å²) in [6.07, 6.45) is 0. The molecule has 0 aliphatic heterocycles. The first-order valence-corrected chi connectivity index (χ1v) is 6.50. The molecule has 0 aliphatic carbocycles. The highest BCUT2D eigenvalue weighted by molar-refractivity contribution is 6.31. The Kier molecular flexibility index (Phi) is 4.05.